The van der Waals surface area contributed by atoms with E-state index in [-0.39, 0.29) is 24.4 Å². The Morgan fingerprint density at radius 3 is 2.67 bits per heavy atom. The van der Waals surface area contributed by atoms with Crippen molar-refractivity contribution in [1.29, 1.82) is 0 Å². The summed E-state index contributed by atoms with van der Waals surface area (Å²) in [5, 5.41) is 0.556. The third-order valence-electron chi connectivity index (χ3n) is 3.81. The van der Waals surface area contributed by atoms with Gasteiger partial charge in [0.15, 0.2) is 0 Å². The maximum Gasteiger partial charge on any atom is 0.224 e. The number of carbonyl (C=O) groups is 1. The average molecular weight is 329 g/mol. The lowest BCUT2D eigenvalue weighted by Crippen LogP contribution is -2.44. The summed E-state index contributed by atoms with van der Waals surface area (Å²) in [7, 11) is 0. The lowest BCUT2D eigenvalue weighted by atomic mass is 10.0. The Balaban J connectivity index is 0.00000220. The van der Waals surface area contributed by atoms with Crippen molar-refractivity contribution in [3.8, 4) is 0 Å². The van der Waals surface area contributed by atoms with Crippen LogP contribution in [0.15, 0.2) is 30.3 Å². The molecular weight excluding hydrogens is 304 g/mol. The molecule has 2 rings (SSSR count). The molecule has 0 aliphatic carbocycles. The van der Waals surface area contributed by atoms with E-state index in [4.69, 9.17) is 5.73 Å². The largest absolute Gasteiger partial charge is 0.341 e. The van der Waals surface area contributed by atoms with Crippen LogP contribution in [0.4, 0.5) is 0 Å². The zero-order valence-electron chi connectivity index (χ0n) is 12.7. The Labute approximate surface area is 138 Å². The van der Waals surface area contributed by atoms with Gasteiger partial charge in [-0.2, -0.15) is 11.8 Å². The molecule has 0 radical (unpaired) electrons. The maximum atomic E-state index is 12.4. The van der Waals surface area contributed by atoms with E-state index < -0.39 is 0 Å². The molecule has 1 aromatic rings. The van der Waals surface area contributed by atoms with Crippen molar-refractivity contribution >= 4 is 30.1 Å². The normalized spacial score (nSPS) is 20.0. The minimum atomic E-state index is -0.198. The van der Waals surface area contributed by atoms with E-state index in [0.717, 1.165) is 24.4 Å². The van der Waals surface area contributed by atoms with Crippen LogP contribution in [0.5, 0.6) is 0 Å². The molecular formula is C16H25ClN2OS. The Morgan fingerprint density at radius 1 is 1.38 bits per heavy atom. The van der Waals surface area contributed by atoms with Crippen molar-refractivity contribution in [3.63, 3.8) is 0 Å². The van der Waals surface area contributed by atoms with Crippen LogP contribution < -0.4 is 5.73 Å². The number of carbonyl (C=O) groups excluding carboxylic acids is 1. The monoisotopic (exact) mass is 328 g/mol. The van der Waals surface area contributed by atoms with Gasteiger partial charge in [0, 0.05) is 36.6 Å². The van der Waals surface area contributed by atoms with E-state index in [1.165, 1.54) is 0 Å². The van der Waals surface area contributed by atoms with Gasteiger partial charge in [-0.15, -0.1) is 12.4 Å². The van der Waals surface area contributed by atoms with Crippen molar-refractivity contribution in [2.75, 3.05) is 18.8 Å². The Bertz CT molecular complexity index is 441. The molecule has 0 saturated carbocycles. The van der Waals surface area contributed by atoms with Crippen LogP contribution in [0.25, 0.3) is 0 Å². The molecule has 2 N–H and O–H groups in total. The van der Waals surface area contributed by atoms with E-state index in [1.54, 1.807) is 0 Å². The van der Waals surface area contributed by atoms with Gasteiger partial charge >= 0.3 is 0 Å². The fourth-order valence-corrected chi connectivity index (χ4v) is 3.74. The summed E-state index contributed by atoms with van der Waals surface area (Å²) >= 11 is 1.98. The topological polar surface area (TPSA) is 46.3 Å². The standard InChI is InChI=1S/C16H24N2OS.ClH/c1-12(2)15-11-18(8-9-20-15)16(19)10-14(17)13-6-4-3-5-7-13;/h3-7,12,14-15H,8-11,17H2,1-2H3;1H. The molecule has 5 heteroatoms. The summed E-state index contributed by atoms with van der Waals surface area (Å²) in [6.07, 6.45) is 0.402. The molecule has 21 heavy (non-hydrogen) atoms. The molecule has 2 unspecified atom stereocenters. The zero-order valence-corrected chi connectivity index (χ0v) is 14.3. The van der Waals surface area contributed by atoms with Gasteiger partial charge in [-0.25, -0.2) is 0 Å². The Morgan fingerprint density at radius 2 is 2.05 bits per heavy atom. The Hall–Kier alpha value is -0.710. The molecule has 1 aliphatic heterocycles. The third-order valence-corrected chi connectivity index (χ3v) is 5.35. The van der Waals surface area contributed by atoms with Gasteiger partial charge in [0.1, 0.15) is 0 Å². The van der Waals surface area contributed by atoms with Crippen LogP contribution in [-0.4, -0.2) is 34.9 Å². The number of halogens is 1. The lowest BCUT2D eigenvalue weighted by Gasteiger charge is -2.35. The van der Waals surface area contributed by atoms with E-state index in [0.29, 0.717) is 17.6 Å². The predicted molar refractivity (Wildman–Crippen MR) is 92.9 cm³/mol. The predicted octanol–water partition coefficient (Wildman–Crippen LogP) is 3.10. The first-order valence-electron chi connectivity index (χ1n) is 7.28. The molecule has 1 saturated heterocycles. The van der Waals surface area contributed by atoms with Crippen LogP contribution >= 0.6 is 24.2 Å². The van der Waals surface area contributed by atoms with Crippen LogP contribution in [0.2, 0.25) is 0 Å². The van der Waals surface area contributed by atoms with Crippen molar-refractivity contribution in [1.82, 2.24) is 4.90 Å². The average Bonchev–Trinajstić information content (AvgIpc) is 2.48. The van der Waals surface area contributed by atoms with Crippen molar-refractivity contribution < 1.29 is 4.79 Å². The summed E-state index contributed by atoms with van der Waals surface area (Å²) in [6, 6.07) is 9.67. The Kier molecular flexibility index (Phi) is 7.57. The highest BCUT2D eigenvalue weighted by Crippen LogP contribution is 2.26. The van der Waals surface area contributed by atoms with Crippen molar-refractivity contribution in [3.05, 3.63) is 35.9 Å². The second-order valence-electron chi connectivity index (χ2n) is 5.71. The van der Waals surface area contributed by atoms with Gasteiger partial charge in [0.05, 0.1) is 0 Å². The zero-order chi connectivity index (χ0) is 14.5. The smallest absolute Gasteiger partial charge is 0.224 e. The lowest BCUT2D eigenvalue weighted by molar-refractivity contribution is -0.131. The second-order valence-corrected chi connectivity index (χ2v) is 7.06. The number of nitrogens with zero attached hydrogens (tertiary/aromatic N) is 1. The number of thioether (sulfide) groups is 1. The van der Waals surface area contributed by atoms with E-state index in [9.17, 15) is 4.79 Å². The van der Waals surface area contributed by atoms with Crippen LogP contribution in [-0.2, 0) is 4.79 Å². The summed E-state index contributed by atoms with van der Waals surface area (Å²) in [5.74, 6) is 1.83. The van der Waals surface area contributed by atoms with Crippen molar-refractivity contribution in [2.24, 2.45) is 11.7 Å². The van der Waals surface area contributed by atoms with E-state index >= 15 is 0 Å². The fourth-order valence-electron chi connectivity index (χ4n) is 2.44. The first-order chi connectivity index (χ1) is 9.58. The van der Waals surface area contributed by atoms with Crippen molar-refractivity contribution in [2.45, 2.75) is 31.6 Å². The number of amides is 1. The maximum absolute atomic E-state index is 12.4. The molecule has 0 bridgehead atoms. The van der Waals surface area contributed by atoms with Gasteiger partial charge in [0.2, 0.25) is 5.91 Å². The number of hydrogen-bond donors (Lipinski definition) is 1. The minimum Gasteiger partial charge on any atom is -0.341 e. The van der Waals surface area contributed by atoms with Crippen LogP contribution in [0, 0.1) is 5.92 Å². The molecule has 1 amide bonds. The second kappa shape index (κ2) is 8.66. The summed E-state index contributed by atoms with van der Waals surface area (Å²) in [5.41, 5.74) is 7.18. The summed E-state index contributed by atoms with van der Waals surface area (Å²) < 4.78 is 0. The highest BCUT2D eigenvalue weighted by atomic mass is 35.5. The van der Waals surface area contributed by atoms with Gasteiger partial charge in [-0.1, -0.05) is 44.2 Å². The van der Waals surface area contributed by atoms with Gasteiger partial charge in [-0.05, 0) is 11.5 Å². The highest BCUT2D eigenvalue weighted by molar-refractivity contribution is 8.00. The molecule has 1 aromatic carbocycles. The van der Waals surface area contributed by atoms with Crippen LogP contribution in [0.3, 0.4) is 0 Å². The number of nitrogens with two attached hydrogens (primary N) is 1. The van der Waals surface area contributed by atoms with Crippen LogP contribution in [0.1, 0.15) is 31.9 Å². The molecule has 0 aromatic heterocycles. The number of benzene rings is 1. The summed E-state index contributed by atoms with van der Waals surface area (Å²) in [4.78, 5) is 14.4. The molecule has 1 fully saturated rings. The molecule has 0 spiro atoms. The third kappa shape index (κ3) is 5.20. The molecule has 2 atom stereocenters. The first kappa shape index (κ1) is 18.3. The molecule has 1 heterocycles. The molecule has 1 aliphatic rings. The van der Waals surface area contributed by atoms with Gasteiger partial charge < -0.3 is 10.6 Å². The number of rotatable bonds is 4. The van der Waals surface area contributed by atoms with E-state index in [1.807, 2.05) is 47.0 Å². The SMILES string of the molecule is CC(C)C1CN(C(=O)CC(N)c2ccccc2)CCS1.Cl. The number of hydrogen-bond acceptors (Lipinski definition) is 3. The highest BCUT2D eigenvalue weighted by Gasteiger charge is 2.26. The molecule has 3 nitrogen and oxygen atoms in total. The summed E-state index contributed by atoms with van der Waals surface area (Å²) in [6.45, 7) is 6.17. The van der Waals surface area contributed by atoms with Gasteiger partial charge in [0.25, 0.3) is 0 Å². The fraction of sp³-hybridized carbons (Fsp3) is 0.562. The van der Waals surface area contributed by atoms with E-state index in [2.05, 4.69) is 13.8 Å². The first-order valence-corrected chi connectivity index (χ1v) is 8.32. The van der Waals surface area contributed by atoms with Gasteiger partial charge in [-0.3, -0.25) is 4.79 Å². The minimum absolute atomic E-state index is 0. The quantitative estimate of drug-likeness (QED) is 0.923. The molecule has 118 valence electrons.